The molecular weight excluding hydrogens is 140 g/mol. The Morgan fingerprint density at radius 1 is 1.88 bits per heavy atom. The van der Waals surface area contributed by atoms with Gasteiger partial charge in [-0.2, -0.15) is 0 Å². The van der Waals surface area contributed by atoms with Crippen molar-refractivity contribution >= 4 is 21.0 Å². The molecule has 0 aromatic rings. The summed E-state index contributed by atoms with van der Waals surface area (Å²) in [7, 11) is 0.749. The highest BCUT2D eigenvalue weighted by molar-refractivity contribution is 8.72. The maximum absolute atomic E-state index is 10.6. The molecule has 3 heteroatoms. The molecule has 0 fully saturated rings. The van der Waals surface area contributed by atoms with Crippen LogP contribution in [0.5, 0.6) is 0 Å². The number of hydrogen-bond acceptors (Lipinski definition) is 2. The Hall–Kier alpha value is 0.400. The predicted octanol–water partition coefficient (Wildman–Crippen LogP) is 1.59. The molecule has 0 N–H and O–H groups in total. The number of hydrogen-bond donors (Lipinski definition) is 0. The van der Waals surface area contributed by atoms with Gasteiger partial charge in [0.05, 0.1) is 16.5 Å². The Labute approximate surface area is 57.1 Å². The van der Waals surface area contributed by atoms with Gasteiger partial charge >= 0.3 is 0 Å². The molecule has 0 saturated carbocycles. The average Bonchev–Trinajstić information content (AvgIpc) is 1.83. The summed E-state index contributed by atoms with van der Waals surface area (Å²) < 4.78 is 10.6. The molecule has 48 valence electrons. The maximum atomic E-state index is 10.6. The van der Waals surface area contributed by atoms with Gasteiger partial charge in [-0.1, -0.05) is 6.08 Å². The van der Waals surface area contributed by atoms with Crippen LogP contribution in [0.3, 0.4) is 0 Å². The van der Waals surface area contributed by atoms with Crippen LogP contribution in [0.2, 0.25) is 0 Å². The molecular formula is C5H10OS2. The molecule has 0 spiro atoms. The summed E-state index contributed by atoms with van der Waals surface area (Å²) >= 11 is 0. The van der Waals surface area contributed by atoms with Gasteiger partial charge in [0, 0.05) is 10.2 Å². The Bertz CT molecular complexity index is 65.4. The van der Waals surface area contributed by atoms with E-state index in [-0.39, 0.29) is 0 Å². The standard InChI is InChI=1S/C5H10OS2/c1-3-5-7-8(6)4-2/h3H,1,4-5H2,2H3. The fourth-order valence-corrected chi connectivity index (χ4v) is 1.87. The highest BCUT2D eigenvalue weighted by Crippen LogP contribution is 2.11. The summed E-state index contributed by atoms with van der Waals surface area (Å²) in [6.45, 7) is 5.42. The molecule has 0 aliphatic rings. The lowest BCUT2D eigenvalue weighted by atomic mass is 10.8. The quantitative estimate of drug-likeness (QED) is 0.345. The first-order chi connectivity index (χ1) is 3.81. The fourth-order valence-electron chi connectivity index (χ4n) is 0.207. The van der Waals surface area contributed by atoms with Crippen molar-refractivity contribution in [2.45, 2.75) is 6.92 Å². The second-order valence-corrected chi connectivity index (χ2v) is 4.74. The van der Waals surface area contributed by atoms with Crippen LogP contribution in [-0.4, -0.2) is 16.1 Å². The van der Waals surface area contributed by atoms with Gasteiger partial charge in [0.15, 0.2) is 0 Å². The summed E-state index contributed by atoms with van der Waals surface area (Å²) in [5.74, 6) is 1.53. The zero-order chi connectivity index (χ0) is 6.41. The lowest BCUT2D eigenvalue weighted by molar-refractivity contribution is 0.610. The van der Waals surface area contributed by atoms with E-state index in [1.165, 1.54) is 10.8 Å². The lowest BCUT2D eigenvalue weighted by Gasteiger charge is -2.01. The van der Waals surface area contributed by atoms with Crippen molar-refractivity contribution in [1.29, 1.82) is 0 Å². The van der Waals surface area contributed by atoms with Crippen LogP contribution in [0.1, 0.15) is 6.92 Å². The van der Waals surface area contributed by atoms with Crippen molar-refractivity contribution < 1.29 is 4.55 Å². The predicted molar refractivity (Wildman–Crippen MR) is 41.3 cm³/mol. The molecule has 0 radical (unpaired) electrons. The van der Waals surface area contributed by atoms with Crippen molar-refractivity contribution in [3.63, 3.8) is 0 Å². The molecule has 0 saturated heterocycles. The van der Waals surface area contributed by atoms with Crippen molar-refractivity contribution in [3.05, 3.63) is 12.7 Å². The zero-order valence-electron chi connectivity index (χ0n) is 4.92. The van der Waals surface area contributed by atoms with Crippen LogP contribution < -0.4 is 0 Å². The molecule has 1 nitrogen and oxygen atoms in total. The molecule has 1 unspecified atom stereocenters. The Kier molecular flexibility index (Phi) is 5.81. The molecule has 0 aromatic heterocycles. The molecule has 0 aromatic carbocycles. The summed E-state index contributed by atoms with van der Waals surface area (Å²) in [6, 6.07) is 0. The van der Waals surface area contributed by atoms with Gasteiger partial charge in [-0.25, -0.2) is 0 Å². The molecule has 0 aliphatic carbocycles. The van der Waals surface area contributed by atoms with Crippen LogP contribution >= 0.6 is 10.8 Å². The van der Waals surface area contributed by atoms with Crippen molar-refractivity contribution in [2.24, 2.45) is 0 Å². The van der Waals surface area contributed by atoms with Crippen LogP contribution in [0.15, 0.2) is 12.7 Å². The van der Waals surface area contributed by atoms with E-state index in [4.69, 9.17) is 0 Å². The molecule has 1 atom stereocenters. The van der Waals surface area contributed by atoms with E-state index in [1.807, 2.05) is 6.92 Å². The van der Waals surface area contributed by atoms with Gasteiger partial charge in [0.1, 0.15) is 5.75 Å². The Balaban J connectivity index is 2.97. The van der Waals surface area contributed by atoms with Crippen LogP contribution in [0, 0.1) is 0 Å². The van der Waals surface area contributed by atoms with Gasteiger partial charge < -0.3 is 4.55 Å². The van der Waals surface area contributed by atoms with Crippen LogP contribution in [0.25, 0.3) is 0 Å². The van der Waals surface area contributed by atoms with E-state index < -0.39 is 10.2 Å². The van der Waals surface area contributed by atoms with Gasteiger partial charge in [-0.3, -0.25) is 0 Å². The summed E-state index contributed by atoms with van der Waals surface area (Å²) in [6.07, 6.45) is 1.76. The maximum Gasteiger partial charge on any atom is 0.115 e. The first kappa shape index (κ1) is 8.40. The van der Waals surface area contributed by atoms with Gasteiger partial charge in [0.2, 0.25) is 0 Å². The largest absolute Gasteiger partial charge is 0.605 e. The first-order valence-electron chi connectivity index (χ1n) is 2.43. The highest BCUT2D eigenvalue weighted by atomic mass is 33.1. The second-order valence-electron chi connectivity index (χ2n) is 1.17. The minimum atomic E-state index is -0.681. The smallest absolute Gasteiger partial charge is 0.115 e. The SMILES string of the molecule is C=CCS[S+]([O-])CC. The van der Waals surface area contributed by atoms with Gasteiger partial charge in [-0.05, 0) is 6.92 Å². The van der Waals surface area contributed by atoms with Crippen molar-refractivity contribution in [1.82, 2.24) is 0 Å². The van der Waals surface area contributed by atoms with Gasteiger partial charge in [0.25, 0.3) is 0 Å². The highest BCUT2D eigenvalue weighted by Gasteiger charge is 1.99. The monoisotopic (exact) mass is 150 g/mol. The Morgan fingerprint density at radius 2 is 2.50 bits per heavy atom. The molecule has 0 heterocycles. The van der Waals surface area contributed by atoms with E-state index in [0.717, 1.165) is 11.5 Å². The van der Waals surface area contributed by atoms with E-state index >= 15 is 0 Å². The minimum Gasteiger partial charge on any atom is -0.605 e. The molecule has 0 aliphatic heterocycles. The lowest BCUT2D eigenvalue weighted by Crippen LogP contribution is -1.96. The van der Waals surface area contributed by atoms with E-state index in [2.05, 4.69) is 6.58 Å². The normalized spacial score (nSPS) is 13.2. The van der Waals surface area contributed by atoms with E-state index in [1.54, 1.807) is 6.08 Å². The van der Waals surface area contributed by atoms with Crippen molar-refractivity contribution in [3.8, 4) is 0 Å². The third-order valence-corrected chi connectivity index (χ3v) is 3.56. The molecule has 8 heavy (non-hydrogen) atoms. The molecule has 0 rings (SSSR count). The van der Waals surface area contributed by atoms with E-state index in [9.17, 15) is 4.55 Å². The molecule has 0 amide bonds. The zero-order valence-corrected chi connectivity index (χ0v) is 6.56. The third kappa shape index (κ3) is 4.56. The van der Waals surface area contributed by atoms with Crippen molar-refractivity contribution in [2.75, 3.05) is 11.5 Å². The van der Waals surface area contributed by atoms with Crippen LogP contribution in [-0.2, 0) is 10.2 Å². The summed E-state index contributed by atoms with van der Waals surface area (Å²) in [4.78, 5) is 0. The molecule has 0 bridgehead atoms. The van der Waals surface area contributed by atoms with Gasteiger partial charge in [-0.15, -0.1) is 6.58 Å². The average molecular weight is 150 g/mol. The minimum absolute atomic E-state index is 0.681. The third-order valence-electron chi connectivity index (χ3n) is 0.553. The van der Waals surface area contributed by atoms with E-state index in [0.29, 0.717) is 0 Å². The number of rotatable bonds is 4. The first-order valence-corrected chi connectivity index (χ1v) is 5.26. The van der Waals surface area contributed by atoms with Crippen LogP contribution in [0.4, 0.5) is 0 Å². The summed E-state index contributed by atoms with van der Waals surface area (Å²) in [5, 5.41) is 0. The fraction of sp³-hybridized carbons (Fsp3) is 0.600. The topological polar surface area (TPSA) is 23.1 Å². The summed E-state index contributed by atoms with van der Waals surface area (Å²) in [5.41, 5.74) is 0. The second kappa shape index (κ2) is 5.54. The Morgan fingerprint density at radius 3 is 2.88 bits per heavy atom.